The van der Waals surface area contributed by atoms with Crippen molar-refractivity contribution in [2.24, 2.45) is 0 Å². The van der Waals surface area contributed by atoms with Gasteiger partial charge in [0.15, 0.2) is 0 Å². The maximum atomic E-state index is 3.70. The molecule has 0 spiro atoms. The van der Waals surface area contributed by atoms with Crippen LogP contribution in [0.2, 0.25) is 0 Å². The average Bonchev–Trinajstić information content (AvgIpc) is 2.23. The second kappa shape index (κ2) is 4.98. The normalized spacial score (nSPS) is 17.1. The van der Waals surface area contributed by atoms with Crippen LogP contribution in [-0.2, 0) is 6.42 Å². The summed E-state index contributed by atoms with van der Waals surface area (Å²) < 4.78 is 0. The number of aryl methyl sites for hydroxylation is 1. The fourth-order valence-corrected chi connectivity index (χ4v) is 2.12. The van der Waals surface area contributed by atoms with Crippen molar-refractivity contribution in [3.8, 4) is 0 Å². The molecule has 1 saturated heterocycles. The van der Waals surface area contributed by atoms with E-state index >= 15 is 0 Å². The van der Waals surface area contributed by atoms with Crippen LogP contribution in [0.25, 0.3) is 0 Å². The average molecular weight is 218 g/mol. The lowest BCUT2D eigenvalue weighted by atomic mass is 9.93. The van der Waals surface area contributed by atoms with E-state index in [1.54, 1.807) is 0 Å². The van der Waals surface area contributed by atoms with Crippen molar-refractivity contribution in [2.75, 3.05) is 13.1 Å². The Kier molecular flexibility index (Phi) is 3.62. The van der Waals surface area contributed by atoms with Crippen LogP contribution in [0, 0.1) is 0 Å². The van der Waals surface area contributed by atoms with Crippen molar-refractivity contribution in [1.82, 2.24) is 10.6 Å². The van der Waals surface area contributed by atoms with Gasteiger partial charge in [-0.25, -0.2) is 0 Å². The fourth-order valence-electron chi connectivity index (χ4n) is 2.12. The number of rotatable bonds is 5. The molecule has 0 unspecified atom stereocenters. The molecule has 1 aliphatic rings. The van der Waals surface area contributed by atoms with Gasteiger partial charge in [0.2, 0.25) is 0 Å². The standard InChI is InChI=1S/C14H22N2/c1-14(2,16-13-10-15-11-13)9-8-12-6-4-3-5-7-12/h3-7,13,15-16H,8-11H2,1-2H3. The summed E-state index contributed by atoms with van der Waals surface area (Å²) in [5, 5.41) is 7.00. The van der Waals surface area contributed by atoms with Gasteiger partial charge >= 0.3 is 0 Å². The van der Waals surface area contributed by atoms with E-state index in [2.05, 4.69) is 54.8 Å². The molecule has 2 heteroatoms. The maximum Gasteiger partial charge on any atom is 0.0322 e. The Hall–Kier alpha value is -0.860. The van der Waals surface area contributed by atoms with E-state index in [-0.39, 0.29) is 5.54 Å². The molecule has 1 heterocycles. The molecule has 0 atom stereocenters. The summed E-state index contributed by atoms with van der Waals surface area (Å²) in [6.07, 6.45) is 2.34. The first-order valence-corrected chi connectivity index (χ1v) is 6.18. The largest absolute Gasteiger partial charge is 0.314 e. The molecule has 0 aromatic heterocycles. The minimum Gasteiger partial charge on any atom is -0.314 e. The van der Waals surface area contributed by atoms with Crippen LogP contribution in [0.5, 0.6) is 0 Å². The third-order valence-corrected chi connectivity index (χ3v) is 3.26. The molecule has 16 heavy (non-hydrogen) atoms. The van der Waals surface area contributed by atoms with Crippen LogP contribution in [-0.4, -0.2) is 24.7 Å². The molecular weight excluding hydrogens is 196 g/mol. The van der Waals surface area contributed by atoms with Gasteiger partial charge in [-0.3, -0.25) is 0 Å². The summed E-state index contributed by atoms with van der Waals surface area (Å²) in [5.41, 5.74) is 1.67. The van der Waals surface area contributed by atoms with E-state index in [0.29, 0.717) is 6.04 Å². The van der Waals surface area contributed by atoms with E-state index in [1.807, 2.05) is 0 Å². The van der Waals surface area contributed by atoms with Crippen LogP contribution in [0.1, 0.15) is 25.8 Å². The lowest BCUT2D eigenvalue weighted by Gasteiger charge is -2.37. The van der Waals surface area contributed by atoms with Crippen molar-refractivity contribution in [1.29, 1.82) is 0 Å². The van der Waals surface area contributed by atoms with Gasteiger partial charge in [-0.1, -0.05) is 30.3 Å². The van der Waals surface area contributed by atoms with Gasteiger partial charge in [-0.2, -0.15) is 0 Å². The molecule has 0 amide bonds. The topological polar surface area (TPSA) is 24.1 Å². The first-order chi connectivity index (χ1) is 7.66. The van der Waals surface area contributed by atoms with Gasteiger partial charge < -0.3 is 10.6 Å². The molecule has 0 saturated carbocycles. The minimum absolute atomic E-state index is 0.239. The first kappa shape index (κ1) is 11.6. The van der Waals surface area contributed by atoms with Gasteiger partial charge in [0.1, 0.15) is 0 Å². The summed E-state index contributed by atoms with van der Waals surface area (Å²) in [5.74, 6) is 0. The van der Waals surface area contributed by atoms with Crippen molar-refractivity contribution in [2.45, 2.75) is 38.3 Å². The van der Waals surface area contributed by atoms with Crippen molar-refractivity contribution < 1.29 is 0 Å². The monoisotopic (exact) mass is 218 g/mol. The summed E-state index contributed by atoms with van der Waals surface area (Å²) >= 11 is 0. The SMILES string of the molecule is CC(C)(CCc1ccccc1)NC1CNC1. The Morgan fingerprint density at radius 2 is 1.94 bits per heavy atom. The summed E-state index contributed by atoms with van der Waals surface area (Å²) in [7, 11) is 0. The van der Waals surface area contributed by atoms with Crippen LogP contribution in [0.3, 0.4) is 0 Å². The zero-order valence-corrected chi connectivity index (χ0v) is 10.3. The Labute approximate surface area is 98.4 Å². The van der Waals surface area contributed by atoms with Crippen LogP contribution in [0.15, 0.2) is 30.3 Å². The lowest BCUT2D eigenvalue weighted by Crippen LogP contribution is -2.61. The second-order valence-corrected chi connectivity index (χ2v) is 5.37. The molecule has 1 aliphatic heterocycles. The molecule has 1 fully saturated rings. The van der Waals surface area contributed by atoms with E-state index in [1.165, 1.54) is 12.0 Å². The third kappa shape index (κ3) is 3.32. The van der Waals surface area contributed by atoms with Crippen molar-refractivity contribution in [3.63, 3.8) is 0 Å². The highest BCUT2D eigenvalue weighted by Crippen LogP contribution is 2.15. The molecule has 2 N–H and O–H groups in total. The van der Waals surface area contributed by atoms with Crippen molar-refractivity contribution in [3.05, 3.63) is 35.9 Å². The van der Waals surface area contributed by atoms with E-state index < -0.39 is 0 Å². The van der Waals surface area contributed by atoms with Crippen molar-refractivity contribution >= 4 is 0 Å². The zero-order chi connectivity index (χ0) is 11.4. The zero-order valence-electron chi connectivity index (χ0n) is 10.3. The Bertz CT molecular complexity index is 315. The predicted octanol–water partition coefficient (Wildman–Crippen LogP) is 1.96. The van der Waals surface area contributed by atoms with Crippen LogP contribution in [0.4, 0.5) is 0 Å². The van der Waals surface area contributed by atoms with Gasteiger partial charge in [0.25, 0.3) is 0 Å². The number of hydrogen-bond donors (Lipinski definition) is 2. The summed E-state index contributed by atoms with van der Waals surface area (Å²) in [6, 6.07) is 11.4. The molecule has 0 bridgehead atoms. The molecule has 88 valence electrons. The third-order valence-electron chi connectivity index (χ3n) is 3.26. The maximum absolute atomic E-state index is 3.70. The molecular formula is C14H22N2. The smallest absolute Gasteiger partial charge is 0.0322 e. The number of benzene rings is 1. The number of hydrogen-bond acceptors (Lipinski definition) is 2. The summed E-state index contributed by atoms with van der Waals surface area (Å²) in [6.45, 7) is 6.84. The van der Waals surface area contributed by atoms with E-state index in [4.69, 9.17) is 0 Å². The molecule has 1 aromatic rings. The van der Waals surface area contributed by atoms with Gasteiger partial charge in [-0.05, 0) is 32.3 Å². The van der Waals surface area contributed by atoms with E-state index in [0.717, 1.165) is 19.5 Å². The van der Waals surface area contributed by atoms with Crippen LogP contribution < -0.4 is 10.6 Å². The Morgan fingerprint density at radius 3 is 2.50 bits per heavy atom. The Morgan fingerprint density at radius 1 is 1.25 bits per heavy atom. The molecule has 1 aromatic carbocycles. The minimum atomic E-state index is 0.239. The van der Waals surface area contributed by atoms with Gasteiger partial charge in [0.05, 0.1) is 0 Å². The second-order valence-electron chi connectivity index (χ2n) is 5.37. The predicted molar refractivity (Wildman–Crippen MR) is 68.6 cm³/mol. The fraction of sp³-hybridized carbons (Fsp3) is 0.571. The van der Waals surface area contributed by atoms with Crippen LogP contribution >= 0.6 is 0 Å². The summed E-state index contributed by atoms with van der Waals surface area (Å²) in [4.78, 5) is 0. The molecule has 2 rings (SSSR count). The highest BCUT2D eigenvalue weighted by atomic mass is 15.1. The quantitative estimate of drug-likeness (QED) is 0.789. The highest BCUT2D eigenvalue weighted by Gasteiger charge is 2.25. The Balaban J connectivity index is 1.79. The molecule has 0 aliphatic carbocycles. The number of nitrogens with one attached hydrogen (secondary N) is 2. The molecule has 2 nitrogen and oxygen atoms in total. The highest BCUT2D eigenvalue weighted by molar-refractivity contribution is 5.15. The molecule has 0 radical (unpaired) electrons. The van der Waals surface area contributed by atoms with E-state index in [9.17, 15) is 0 Å². The van der Waals surface area contributed by atoms with Gasteiger partial charge in [-0.15, -0.1) is 0 Å². The first-order valence-electron chi connectivity index (χ1n) is 6.18. The van der Waals surface area contributed by atoms with Gasteiger partial charge in [0, 0.05) is 24.7 Å². The lowest BCUT2D eigenvalue weighted by molar-refractivity contribution is 0.259.